The maximum Gasteiger partial charge on any atom is 0.306 e. The quantitative estimate of drug-likeness (QED) is 0.336. The van der Waals surface area contributed by atoms with Gasteiger partial charge in [-0.05, 0) is 25.5 Å². The van der Waals surface area contributed by atoms with Crippen molar-refractivity contribution in [1.29, 1.82) is 0 Å². The van der Waals surface area contributed by atoms with E-state index in [4.69, 9.17) is 5.73 Å². The maximum absolute atomic E-state index is 13.4. The molecule has 94 valence electrons. The van der Waals surface area contributed by atoms with E-state index in [-0.39, 0.29) is 11.3 Å². The van der Waals surface area contributed by atoms with E-state index in [1.807, 2.05) is 0 Å². The fourth-order valence-corrected chi connectivity index (χ4v) is 1.57. The van der Waals surface area contributed by atoms with Gasteiger partial charge in [-0.2, -0.15) is 17.0 Å². The molecule has 0 radical (unpaired) electrons. The highest BCUT2D eigenvalue weighted by atomic mass is 32.1. The molecule has 1 rings (SSSR count). The Labute approximate surface area is 103 Å². The predicted molar refractivity (Wildman–Crippen MR) is 65.5 cm³/mol. The Balaban J connectivity index is 3.30. The number of nitrogen functional groups attached to an aromatic ring is 1. The zero-order chi connectivity index (χ0) is 13.4. The zero-order valence-corrected chi connectivity index (χ0v) is 10.2. The van der Waals surface area contributed by atoms with Crippen molar-refractivity contribution < 1.29 is 14.4 Å². The number of benzene rings is 1. The number of rotatable bonds is 3. The number of nitrogens with zero attached hydrogens (tertiary/aromatic N) is 1. The smallest absolute Gasteiger partial charge is 0.306 e. The molecule has 0 saturated heterocycles. The third-order valence-electron chi connectivity index (χ3n) is 2.31. The van der Waals surface area contributed by atoms with Crippen molar-refractivity contribution >= 4 is 24.0 Å². The van der Waals surface area contributed by atoms with Gasteiger partial charge in [0.2, 0.25) is 5.82 Å². The van der Waals surface area contributed by atoms with Gasteiger partial charge in [0.15, 0.2) is 0 Å². The molecule has 17 heavy (non-hydrogen) atoms. The van der Waals surface area contributed by atoms with Gasteiger partial charge >= 0.3 is 5.69 Å². The van der Waals surface area contributed by atoms with Crippen LogP contribution in [0, 0.1) is 15.9 Å². The number of hydrogen-bond acceptors (Lipinski definition) is 5. The molecule has 0 bridgehead atoms. The molecule has 0 aliphatic heterocycles. The lowest BCUT2D eigenvalue weighted by molar-refractivity contribution is -0.387. The number of aliphatic hydroxyl groups is 1. The van der Waals surface area contributed by atoms with Gasteiger partial charge in [0.1, 0.15) is 0 Å². The molecule has 5 nitrogen and oxygen atoms in total. The van der Waals surface area contributed by atoms with Crippen LogP contribution in [0.15, 0.2) is 12.1 Å². The molecule has 1 unspecified atom stereocenters. The lowest BCUT2D eigenvalue weighted by Gasteiger charge is -2.26. The molecule has 3 N–H and O–H groups in total. The molecular formula is C10H13FN2O3S. The highest BCUT2D eigenvalue weighted by molar-refractivity contribution is 7.80. The second-order valence-electron chi connectivity index (χ2n) is 4.25. The summed E-state index contributed by atoms with van der Waals surface area (Å²) in [7, 11) is 0. The van der Waals surface area contributed by atoms with E-state index in [0.717, 1.165) is 12.1 Å². The molecule has 0 aromatic heterocycles. The number of nitro groups is 1. The molecule has 0 aliphatic rings. The van der Waals surface area contributed by atoms with E-state index in [1.165, 1.54) is 13.8 Å². The molecule has 0 aliphatic carbocycles. The van der Waals surface area contributed by atoms with Crippen LogP contribution in [0.3, 0.4) is 0 Å². The maximum atomic E-state index is 13.4. The minimum Gasteiger partial charge on any atom is -0.398 e. The fourth-order valence-electron chi connectivity index (χ4n) is 1.35. The van der Waals surface area contributed by atoms with Crippen LogP contribution in [0.1, 0.15) is 24.7 Å². The number of anilines is 1. The van der Waals surface area contributed by atoms with Crippen LogP contribution < -0.4 is 5.73 Å². The van der Waals surface area contributed by atoms with Crippen molar-refractivity contribution in [3.05, 3.63) is 33.6 Å². The van der Waals surface area contributed by atoms with Crippen molar-refractivity contribution in [1.82, 2.24) is 0 Å². The Bertz CT molecular complexity index is 460. The van der Waals surface area contributed by atoms with Crippen molar-refractivity contribution in [3.63, 3.8) is 0 Å². The van der Waals surface area contributed by atoms with E-state index in [0.29, 0.717) is 0 Å². The number of thiol groups is 1. The lowest BCUT2D eigenvalue weighted by Crippen LogP contribution is -2.26. The largest absolute Gasteiger partial charge is 0.398 e. The average molecular weight is 260 g/mol. The van der Waals surface area contributed by atoms with Gasteiger partial charge in [0.25, 0.3) is 0 Å². The second-order valence-corrected chi connectivity index (χ2v) is 4.76. The molecule has 1 aromatic carbocycles. The van der Waals surface area contributed by atoms with Gasteiger partial charge in [0, 0.05) is 11.8 Å². The van der Waals surface area contributed by atoms with Gasteiger partial charge in [-0.15, -0.1) is 0 Å². The molecule has 0 spiro atoms. The fraction of sp³-hybridized carbons (Fsp3) is 0.400. The number of nitrogens with two attached hydrogens (primary N) is 1. The van der Waals surface area contributed by atoms with E-state index in [2.05, 4.69) is 12.6 Å². The number of halogens is 1. The van der Waals surface area contributed by atoms with Crippen molar-refractivity contribution in [2.24, 2.45) is 0 Å². The molecule has 0 heterocycles. The van der Waals surface area contributed by atoms with Crippen molar-refractivity contribution in [2.75, 3.05) is 5.73 Å². The van der Waals surface area contributed by atoms with E-state index < -0.39 is 27.3 Å². The topological polar surface area (TPSA) is 89.4 Å². The minimum atomic E-state index is -1.22. The van der Waals surface area contributed by atoms with E-state index in [9.17, 15) is 19.6 Å². The third kappa shape index (κ3) is 2.86. The highest BCUT2D eigenvalue weighted by Gasteiger charge is 2.29. The van der Waals surface area contributed by atoms with Crippen LogP contribution in [-0.2, 0) is 0 Å². The molecule has 7 heteroatoms. The van der Waals surface area contributed by atoms with Crippen LogP contribution in [0.25, 0.3) is 0 Å². The average Bonchev–Trinajstić information content (AvgIpc) is 2.18. The van der Waals surface area contributed by atoms with Gasteiger partial charge in [-0.3, -0.25) is 10.1 Å². The molecular weight excluding hydrogens is 247 g/mol. The molecule has 0 saturated carbocycles. The Morgan fingerprint density at radius 3 is 2.53 bits per heavy atom. The van der Waals surface area contributed by atoms with E-state index in [1.54, 1.807) is 0 Å². The van der Waals surface area contributed by atoms with Crippen molar-refractivity contribution in [3.8, 4) is 0 Å². The second kappa shape index (κ2) is 4.50. The van der Waals surface area contributed by atoms with Crippen LogP contribution >= 0.6 is 12.6 Å². The van der Waals surface area contributed by atoms with Gasteiger partial charge in [-0.25, -0.2) is 0 Å². The van der Waals surface area contributed by atoms with Gasteiger partial charge in [-0.1, -0.05) is 0 Å². The Morgan fingerprint density at radius 2 is 2.12 bits per heavy atom. The first-order chi connectivity index (χ1) is 7.64. The summed E-state index contributed by atoms with van der Waals surface area (Å²) < 4.78 is 13.4. The minimum absolute atomic E-state index is 0.0280. The Kier molecular flexibility index (Phi) is 3.63. The summed E-state index contributed by atoms with van der Waals surface area (Å²) in [5.74, 6) is -0.998. The predicted octanol–water partition coefficient (Wildman–Crippen LogP) is 2.06. The van der Waals surface area contributed by atoms with Crippen LogP contribution in [0.2, 0.25) is 0 Å². The third-order valence-corrected chi connectivity index (χ3v) is 3.22. The van der Waals surface area contributed by atoms with Gasteiger partial charge in [0.05, 0.1) is 15.8 Å². The molecule has 1 aromatic rings. The summed E-state index contributed by atoms with van der Waals surface area (Å²) in [6.07, 6.45) is 0. The van der Waals surface area contributed by atoms with E-state index >= 15 is 0 Å². The summed E-state index contributed by atoms with van der Waals surface area (Å²) in [5.41, 5.74) is 3.93. The number of hydrogen-bond donors (Lipinski definition) is 3. The standard InChI is InChI=1S/C10H13FN2O3S/c1-10(2,14)9(17)5-3-6(11)8(13(15)16)4-7(5)12/h3-4,9,14,17H,12H2,1-2H3. The van der Waals surface area contributed by atoms with Crippen LogP contribution in [0.4, 0.5) is 15.8 Å². The summed E-state index contributed by atoms with van der Waals surface area (Å²) in [6.45, 7) is 2.98. The summed E-state index contributed by atoms with van der Waals surface area (Å²) in [5, 5.41) is 19.5. The first-order valence-electron chi connectivity index (χ1n) is 4.78. The summed E-state index contributed by atoms with van der Waals surface area (Å²) in [6, 6.07) is 1.86. The SMILES string of the molecule is CC(C)(O)C(S)c1cc(F)c([N+](=O)[O-])cc1N. The lowest BCUT2D eigenvalue weighted by atomic mass is 9.96. The van der Waals surface area contributed by atoms with Crippen molar-refractivity contribution in [2.45, 2.75) is 24.7 Å². The monoisotopic (exact) mass is 260 g/mol. The van der Waals surface area contributed by atoms with Gasteiger partial charge < -0.3 is 10.8 Å². The summed E-state index contributed by atoms with van der Waals surface area (Å²) in [4.78, 5) is 9.64. The Morgan fingerprint density at radius 1 is 1.59 bits per heavy atom. The number of nitro benzene ring substituents is 1. The molecule has 0 amide bonds. The Hall–Kier alpha value is -1.34. The zero-order valence-electron chi connectivity index (χ0n) is 9.35. The van der Waals surface area contributed by atoms with Crippen LogP contribution in [0.5, 0.6) is 0 Å². The molecule has 1 atom stereocenters. The normalized spacial score (nSPS) is 13.5. The highest BCUT2D eigenvalue weighted by Crippen LogP contribution is 2.37. The first-order valence-corrected chi connectivity index (χ1v) is 5.30. The summed E-state index contributed by atoms with van der Waals surface area (Å²) >= 11 is 4.14. The molecule has 0 fully saturated rings. The first kappa shape index (κ1) is 13.7. The van der Waals surface area contributed by atoms with Crippen LogP contribution in [-0.4, -0.2) is 15.6 Å².